The number of nitrogens with zero attached hydrogens (tertiary/aromatic N) is 1. The van der Waals surface area contributed by atoms with Crippen LogP contribution in [0.1, 0.15) is 79.6 Å². The van der Waals surface area contributed by atoms with Crippen LogP contribution in [0.15, 0.2) is 0 Å². The fraction of sp³-hybridized carbons (Fsp3) is 1.00. The van der Waals surface area contributed by atoms with Gasteiger partial charge < -0.3 is 10.2 Å². The van der Waals surface area contributed by atoms with Crippen LogP contribution in [0.25, 0.3) is 0 Å². The number of hydrogen-bond donors (Lipinski definition) is 1. The van der Waals surface area contributed by atoms with E-state index >= 15 is 0 Å². The highest BCUT2D eigenvalue weighted by Crippen LogP contribution is 2.37. The van der Waals surface area contributed by atoms with Crippen LogP contribution in [-0.2, 0) is 0 Å². The molecule has 0 heterocycles. The Morgan fingerprint density at radius 3 is 2.20 bits per heavy atom. The molecule has 20 heavy (non-hydrogen) atoms. The molecule has 1 aliphatic rings. The van der Waals surface area contributed by atoms with Gasteiger partial charge in [-0.1, -0.05) is 39.5 Å². The predicted octanol–water partition coefficient (Wildman–Crippen LogP) is 4.45. The molecular weight excluding hydrogens is 244 g/mol. The van der Waals surface area contributed by atoms with Gasteiger partial charge in [0.1, 0.15) is 0 Å². The van der Waals surface area contributed by atoms with Crippen molar-refractivity contribution in [2.75, 3.05) is 26.2 Å². The maximum Gasteiger partial charge on any atom is 0.00967 e. The predicted molar refractivity (Wildman–Crippen MR) is 90.3 cm³/mol. The van der Waals surface area contributed by atoms with Crippen molar-refractivity contribution in [1.82, 2.24) is 10.2 Å². The molecule has 1 aliphatic carbocycles. The Hall–Kier alpha value is -0.0800. The van der Waals surface area contributed by atoms with E-state index in [4.69, 9.17) is 0 Å². The minimum atomic E-state index is 0.241. The Kier molecular flexibility index (Phi) is 7.53. The van der Waals surface area contributed by atoms with Crippen molar-refractivity contribution < 1.29 is 0 Å². The second kappa shape index (κ2) is 8.38. The minimum absolute atomic E-state index is 0.241. The van der Waals surface area contributed by atoms with E-state index < -0.39 is 0 Å². The van der Waals surface area contributed by atoms with Crippen molar-refractivity contribution in [2.45, 2.75) is 85.1 Å². The molecule has 0 bridgehead atoms. The molecule has 2 nitrogen and oxygen atoms in total. The zero-order valence-electron chi connectivity index (χ0n) is 14.7. The van der Waals surface area contributed by atoms with Crippen LogP contribution in [0.3, 0.4) is 0 Å². The van der Waals surface area contributed by atoms with E-state index in [2.05, 4.69) is 44.8 Å². The maximum atomic E-state index is 3.79. The number of unbranched alkanes of at least 4 members (excludes halogenated alkanes) is 1. The lowest BCUT2D eigenvalue weighted by atomic mass is 9.73. The molecule has 0 unspecified atom stereocenters. The first-order valence-corrected chi connectivity index (χ1v) is 8.88. The van der Waals surface area contributed by atoms with E-state index in [9.17, 15) is 0 Å². The van der Waals surface area contributed by atoms with Crippen molar-refractivity contribution in [2.24, 2.45) is 5.41 Å². The standard InChI is InChI=1S/C18H38N2/c1-6-8-14-20(7-2)16-18(12-10-9-11-13-18)15-19-17(3,4)5/h19H,6-16H2,1-5H3. The van der Waals surface area contributed by atoms with Crippen molar-refractivity contribution >= 4 is 0 Å². The third kappa shape index (κ3) is 6.58. The van der Waals surface area contributed by atoms with Gasteiger partial charge in [0, 0.05) is 18.6 Å². The normalized spacial score (nSPS) is 19.5. The van der Waals surface area contributed by atoms with Crippen LogP contribution >= 0.6 is 0 Å². The van der Waals surface area contributed by atoms with Crippen LogP contribution in [-0.4, -0.2) is 36.6 Å². The molecule has 1 fully saturated rings. The van der Waals surface area contributed by atoms with E-state index in [0.717, 1.165) is 0 Å². The second-order valence-electron chi connectivity index (χ2n) is 7.89. The molecule has 0 aromatic carbocycles. The summed E-state index contributed by atoms with van der Waals surface area (Å²) in [5.41, 5.74) is 0.764. The SMILES string of the molecule is CCCCN(CC)CC1(CNC(C)(C)C)CCCCC1. The summed E-state index contributed by atoms with van der Waals surface area (Å²) >= 11 is 0. The van der Waals surface area contributed by atoms with Crippen molar-refractivity contribution in [3.63, 3.8) is 0 Å². The molecule has 2 heteroatoms. The number of rotatable bonds is 8. The average molecular weight is 283 g/mol. The van der Waals surface area contributed by atoms with E-state index in [1.807, 2.05) is 0 Å². The summed E-state index contributed by atoms with van der Waals surface area (Å²) in [6.07, 6.45) is 9.78. The lowest BCUT2D eigenvalue weighted by Crippen LogP contribution is -2.49. The smallest absolute Gasteiger partial charge is 0.00967 e. The Morgan fingerprint density at radius 2 is 1.70 bits per heavy atom. The molecule has 0 aromatic heterocycles. The number of nitrogens with one attached hydrogen (secondary N) is 1. The first-order valence-electron chi connectivity index (χ1n) is 8.88. The van der Waals surface area contributed by atoms with Crippen LogP contribution in [0.2, 0.25) is 0 Å². The van der Waals surface area contributed by atoms with Gasteiger partial charge in [0.15, 0.2) is 0 Å². The van der Waals surface area contributed by atoms with Gasteiger partial charge in [0.05, 0.1) is 0 Å². The number of hydrogen-bond acceptors (Lipinski definition) is 2. The Balaban J connectivity index is 2.61. The van der Waals surface area contributed by atoms with Gasteiger partial charge in [-0.25, -0.2) is 0 Å². The van der Waals surface area contributed by atoms with Crippen LogP contribution < -0.4 is 5.32 Å². The molecule has 1 N–H and O–H groups in total. The Bertz CT molecular complexity index is 249. The maximum absolute atomic E-state index is 3.79. The summed E-state index contributed by atoms with van der Waals surface area (Å²) in [5, 5.41) is 3.79. The Labute approximate surface area is 127 Å². The Morgan fingerprint density at radius 1 is 1.05 bits per heavy atom. The highest BCUT2D eigenvalue weighted by Gasteiger charge is 2.34. The van der Waals surface area contributed by atoms with Crippen molar-refractivity contribution in [3.05, 3.63) is 0 Å². The van der Waals surface area contributed by atoms with Gasteiger partial charge >= 0.3 is 0 Å². The zero-order valence-corrected chi connectivity index (χ0v) is 14.7. The third-order valence-corrected chi connectivity index (χ3v) is 4.74. The fourth-order valence-corrected chi connectivity index (χ4v) is 3.35. The topological polar surface area (TPSA) is 15.3 Å². The molecule has 0 spiro atoms. The minimum Gasteiger partial charge on any atom is -0.311 e. The van der Waals surface area contributed by atoms with Crippen molar-refractivity contribution in [1.29, 1.82) is 0 Å². The third-order valence-electron chi connectivity index (χ3n) is 4.74. The zero-order chi connectivity index (χ0) is 15.1. The first-order chi connectivity index (χ1) is 9.41. The molecule has 1 saturated carbocycles. The van der Waals surface area contributed by atoms with E-state index in [1.165, 1.54) is 71.1 Å². The summed E-state index contributed by atoms with van der Waals surface area (Å²) < 4.78 is 0. The molecule has 0 radical (unpaired) electrons. The summed E-state index contributed by atoms with van der Waals surface area (Å²) in [6, 6.07) is 0. The quantitative estimate of drug-likeness (QED) is 0.707. The second-order valence-corrected chi connectivity index (χ2v) is 7.89. The monoisotopic (exact) mass is 282 g/mol. The molecule has 0 atom stereocenters. The summed E-state index contributed by atoms with van der Waals surface area (Å²) in [7, 11) is 0. The summed E-state index contributed by atoms with van der Waals surface area (Å²) in [5.74, 6) is 0. The van der Waals surface area contributed by atoms with Gasteiger partial charge in [0.2, 0.25) is 0 Å². The van der Waals surface area contributed by atoms with Gasteiger partial charge in [-0.2, -0.15) is 0 Å². The summed E-state index contributed by atoms with van der Waals surface area (Å²) in [6.45, 7) is 16.5. The van der Waals surface area contributed by atoms with Gasteiger partial charge in [-0.15, -0.1) is 0 Å². The average Bonchev–Trinajstić information content (AvgIpc) is 2.42. The molecule has 1 rings (SSSR count). The largest absolute Gasteiger partial charge is 0.311 e. The molecular formula is C18H38N2. The summed E-state index contributed by atoms with van der Waals surface area (Å²) in [4.78, 5) is 2.69. The van der Waals surface area contributed by atoms with Gasteiger partial charge in [-0.3, -0.25) is 0 Å². The van der Waals surface area contributed by atoms with Crippen molar-refractivity contribution in [3.8, 4) is 0 Å². The lowest BCUT2D eigenvalue weighted by molar-refractivity contribution is 0.0968. The lowest BCUT2D eigenvalue weighted by Gasteiger charge is -2.43. The highest BCUT2D eigenvalue weighted by molar-refractivity contribution is 4.89. The molecule has 0 amide bonds. The van der Waals surface area contributed by atoms with E-state index in [-0.39, 0.29) is 5.54 Å². The highest BCUT2D eigenvalue weighted by atomic mass is 15.1. The van der Waals surface area contributed by atoms with Gasteiger partial charge in [0.25, 0.3) is 0 Å². The molecule has 0 aromatic rings. The first kappa shape index (κ1) is 18.0. The van der Waals surface area contributed by atoms with E-state index in [1.54, 1.807) is 0 Å². The van der Waals surface area contributed by atoms with E-state index in [0.29, 0.717) is 5.41 Å². The fourth-order valence-electron chi connectivity index (χ4n) is 3.35. The van der Waals surface area contributed by atoms with Crippen LogP contribution in [0.5, 0.6) is 0 Å². The molecule has 0 saturated heterocycles. The van der Waals surface area contributed by atoms with Crippen LogP contribution in [0, 0.1) is 5.41 Å². The molecule has 0 aliphatic heterocycles. The van der Waals surface area contributed by atoms with Gasteiger partial charge in [-0.05, 0) is 58.5 Å². The molecule has 120 valence electrons. The van der Waals surface area contributed by atoms with Crippen LogP contribution in [0.4, 0.5) is 0 Å².